The Labute approximate surface area is 71.1 Å². The number of nitrogen functional groups attached to an aromatic ring is 2. The van der Waals surface area contributed by atoms with Crippen molar-refractivity contribution in [1.82, 2.24) is 0 Å². The van der Waals surface area contributed by atoms with Crippen LogP contribution in [0.2, 0.25) is 0 Å². The molecule has 0 saturated heterocycles. The largest absolute Gasteiger partial charge is 0.494 e. The Bertz CT molecular complexity index is 261. The Morgan fingerprint density at radius 3 is 1.67 bits per heavy atom. The van der Waals surface area contributed by atoms with E-state index >= 15 is 0 Å². The van der Waals surface area contributed by atoms with Gasteiger partial charge in [0.15, 0.2) is 0 Å². The Hall–Kier alpha value is -1.58. The summed E-state index contributed by atoms with van der Waals surface area (Å²) in [5.74, 6) is 1.14. The van der Waals surface area contributed by atoms with Crippen LogP contribution in [0, 0.1) is 0 Å². The fraction of sp³-hybridized carbons (Fsp3) is 0.250. The van der Waals surface area contributed by atoms with Crippen molar-refractivity contribution in [1.29, 1.82) is 0 Å². The molecule has 4 nitrogen and oxygen atoms in total. The average molecular weight is 168 g/mol. The molecule has 4 heteroatoms. The lowest BCUT2D eigenvalue weighted by atomic mass is 10.2. The van der Waals surface area contributed by atoms with Gasteiger partial charge >= 0.3 is 0 Å². The molecule has 0 unspecified atom stereocenters. The normalized spacial score (nSPS) is 9.50. The van der Waals surface area contributed by atoms with Crippen LogP contribution in [0.3, 0.4) is 0 Å². The molecular formula is C8H12N2O2. The minimum absolute atomic E-state index is 0.510. The van der Waals surface area contributed by atoms with Crippen molar-refractivity contribution in [3.63, 3.8) is 0 Å². The molecule has 0 aliphatic carbocycles. The lowest BCUT2D eigenvalue weighted by Crippen LogP contribution is -1.97. The molecule has 66 valence electrons. The third-order valence-corrected chi connectivity index (χ3v) is 1.58. The second-order valence-electron chi connectivity index (χ2n) is 2.34. The first kappa shape index (κ1) is 8.52. The van der Waals surface area contributed by atoms with Crippen molar-refractivity contribution < 1.29 is 9.47 Å². The van der Waals surface area contributed by atoms with Gasteiger partial charge in [-0.05, 0) is 6.07 Å². The SMILES string of the molecule is COc1cc(OC)c(N)cc1N. The minimum Gasteiger partial charge on any atom is -0.494 e. The molecule has 0 heterocycles. The van der Waals surface area contributed by atoms with E-state index in [9.17, 15) is 0 Å². The zero-order valence-electron chi connectivity index (χ0n) is 7.13. The summed E-state index contributed by atoms with van der Waals surface area (Å²) in [6.07, 6.45) is 0. The maximum atomic E-state index is 5.59. The highest BCUT2D eigenvalue weighted by molar-refractivity contribution is 5.67. The monoisotopic (exact) mass is 168 g/mol. The summed E-state index contributed by atoms with van der Waals surface area (Å²) in [6.45, 7) is 0. The molecular weight excluding hydrogens is 156 g/mol. The second kappa shape index (κ2) is 3.21. The maximum Gasteiger partial charge on any atom is 0.145 e. The highest BCUT2D eigenvalue weighted by atomic mass is 16.5. The van der Waals surface area contributed by atoms with Gasteiger partial charge in [0.2, 0.25) is 0 Å². The van der Waals surface area contributed by atoms with Gasteiger partial charge in [0, 0.05) is 6.07 Å². The van der Waals surface area contributed by atoms with Gasteiger partial charge in [-0.2, -0.15) is 0 Å². The summed E-state index contributed by atoms with van der Waals surface area (Å²) in [7, 11) is 3.09. The maximum absolute atomic E-state index is 5.59. The Morgan fingerprint density at radius 1 is 0.917 bits per heavy atom. The summed E-state index contributed by atoms with van der Waals surface area (Å²) in [4.78, 5) is 0. The number of rotatable bonds is 2. The number of nitrogens with two attached hydrogens (primary N) is 2. The fourth-order valence-corrected chi connectivity index (χ4v) is 0.949. The van der Waals surface area contributed by atoms with Crippen molar-refractivity contribution in [2.24, 2.45) is 0 Å². The first-order valence-corrected chi connectivity index (χ1v) is 3.46. The molecule has 0 spiro atoms. The Kier molecular flexibility index (Phi) is 2.28. The smallest absolute Gasteiger partial charge is 0.145 e. The summed E-state index contributed by atoms with van der Waals surface area (Å²) >= 11 is 0. The molecule has 0 atom stereocenters. The van der Waals surface area contributed by atoms with Crippen LogP contribution in [0.5, 0.6) is 11.5 Å². The summed E-state index contributed by atoms with van der Waals surface area (Å²) in [5, 5.41) is 0. The van der Waals surface area contributed by atoms with Crippen molar-refractivity contribution in [3.8, 4) is 11.5 Å². The predicted molar refractivity (Wildman–Crippen MR) is 48.4 cm³/mol. The number of anilines is 2. The van der Waals surface area contributed by atoms with Crippen LogP contribution in [0.25, 0.3) is 0 Å². The highest BCUT2D eigenvalue weighted by Crippen LogP contribution is 2.32. The quantitative estimate of drug-likeness (QED) is 0.643. The highest BCUT2D eigenvalue weighted by Gasteiger charge is 2.05. The molecule has 0 aromatic heterocycles. The van der Waals surface area contributed by atoms with Crippen molar-refractivity contribution in [3.05, 3.63) is 12.1 Å². The van der Waals surface area contributed by atoms with E-state index in [4.69, 9.17) is 20.9 Å². The summed E-state index contributed by atoms with van der Waals surface area (Å²) < 4.78 is 9.96. The van der Waals surface area contributed by atoms with Gasteiger partial charge in [0.1, 0.15) is 11.5 Å². The van der Waals surface area contributed by atoms with Crippen LogP contribution in [-0.4, -0.2) is 14.2 Å². The van der Waals surface area contributed by atoms with Crippen LogP contribution in [0.15, 0.2) is 12.1 Å². The van der Waals surface area contributed by atoms with Gasteiger partial charge < -0.3 is 20.9 Å². The van der Waals surface area contributed by atoms with Crippen molar-refractivity contribution in [2.75, 3.05) is 25.7 Å². The molecule has 4 N–H and O–H groups in total. The van der Waals surface area contributed by atoms with Crippen molar-refractivity contribution in [2.45, 2.75) is 0 Å². The first-order chi connectivity index (χ1) is 5.69. The van der Waals surface area contributed by atoms with Crippen LogP contribution in [0.4, 0.5) is 11.4 Å². The van der Waals surface area contributed by atoms with E-state index in [-0.39, 0.29) is 0 Å². The third-order valence-electron chi connectivity index (χ3n) is 1.58. The van der Waals surface area contributed by atoms with Gasteiger partial charge in [-0.15, -0.1) is 0 Å². The van der Waals surface area contributed by atoms with Gasteiger partial charge in [0.25, 0.3) is 0 Å². The number of ether oxygens (including phenoxy) is 2. The molecule has 0 amide bonds. The number of benzene rings is 1. The molecule has 1 aromatic rings. The molecule has 0 aliphatic heterocycles. The summed E-state index contributed by atoms with van der Waals surface area (Å²) in [6, 6.07) is 3.27. The van der Waals surface area contributed by atoms with E-state index in [0.717, 1.165) is 0 Å². The van der Waals surface area contributed by atoms with E-state index in [2.05, 4.69) is 0 Å². The third kappa shape index (κ3) is 1.37. The topological polar surface area (TPSA) is 70.5 Å². The average Bonchev–Trinajstić information content (AvgIpc) is 2.05. The number of methoxy groups -OCH3 is 2. The standard InChI is InChI=1S/C8H12N2O2/c1-11-7-4-8(12-2)6(10)3-5(7)9/h3-4H,9-10H2,1-2H3. The number of hydrogen-bond donors (Lipinski definition) is 2. The zero-order valence-corrected chi connectivity index (χ0v) is 7.13. The van der Waals surface area contributed by atoms with E-state index in [1.807, 2.05) is 0 Å². The van der Waals surface area contributed by atoms with Gasteiger partial charge in [-0.1, -0.05) is 0 Å². The van der Waals surface area contributed by atoms with Crippen molar-refractivity contribution >= 4 is 11.4 Å². The van der Waals surface area contributed by atoms with Crippen LogP contribution in [0.1, 0.15) is 0 Å². The lowest BCUT2D eigenvalue weighted by Gasteiger charge is -2.09. The molecule has 1 rings (SSSR count). The Balaban J connectivity index is 3.18. The molecule has 1 aromatic carbocycles. The van der Waals surface area contributed by atoms with Crippen LogP contribution < -0.4 is 20.9 Å². The van der Waals surface area contributed by atoms with Gasteiger partial charge in [-0.25, -0.2) is 0 Å². The Morgan fingerprint density at radius 2 is 1.33 bits per heavy atom. The van der Waals surface area contributed by atoms with Gasteiger partial charge in [-0.3, -0.25) is 0 Å². The molecule has 0 radical (unpaired) electrons. The van der Waals surface area contributed by atoms with E-state index < -0.39 is 0 Å². The van der Waals surface area contributed by atoms with Crippen LogP contribution in [-0.2, 0) is 0 Å². The van der Waals surface area contributed by atoms with E-state index in [1.54, 1.807) is 26.4 Å². The predicted octanol–water partition coefficient (Wildman–Crippen LogP) is 0.868. The molecule has 0 bridgehead atoms. The fourth-order valence-electron chi connectivity index (χ4n) is 0.949. The van der Waals surface area contributed by atoms with E-state index in [0.29, 0.717) is 22.9 Å². The van der Waals surface area contributed by atoms with Crippen LogP contribution >= 0.6 is 0 Å². The number of hydrogen-bond acceptors (Lipinski definition) is 4. The molecule has 12 heavy (non-hydrogen) atoms. The minimum atomic E-state index is 0.510. The van der Waals surface area contributed by atoms with E-state index in [1.165, 1.54) is 0 Å². The first-order valence-electron chi connectivity index (χ1n) is 3.46. The molecule has 0 aliphatic rings. The second-order valence-corrected chi connectivity index (χ2v) is 2.34. The molecule has 0 saturated carbocycles. The zero-order chi connectivity index (χ0) is 9.14. The molecule has 0 fully saturated rings. The van der Waals surface area contributed by atoms with Gasteiger partial charge in [0.05, 0.1) is 25.6 Å². The summed E-state index contributed by atoms with van der Waals surface area (Å²) in [5.41, 5.74) is 12.2. The lowest BCUT2D eigenvalue weighted by molar-refractivity contribution is 0.397.